The van der Waals surface area contributed by atoms with E-state index in [0.717, 1.165) is 6.08 Å². The summed E-state index contributed by atoms with van der Waals surface area (Å²) in [6, 6.07) is 3.05. The molecule has 0 bridgehead atoms. The predicted molar refractivity (Wildman–Crippen MR) is 74.1 cm³/mol. The molecule has 4 nitrogen and oxygen atoms in total. The van der Waals surface area contributed by atoms with Crippen LogP contribution in [0.15, 0.2) is 24.8 Å². The van der Waals surface area contributed by atoms with Gasteiger partial charge in [0, 0.05) is 6.08 Å². The van der Waals surface area contributed by atoms with Crippen molar-refractivity contribution in [3.8, 4) is 5.75 Å². The Hall–Kier alpha value is -0.940. The summed E-state index contributed by atoms with van der Waals surface area (Å²) in [4.78, 5) is 10.8. The number of esters is 1. The quantitative estimate of drug-likeness (QED) is 0.496. The first-order chi connectivity index (χ1) is 8.95. The molecule has 19 heavy (non-hydrogen) atoms. The van der Waals surface area contributed by atoms with Crippen molar-refractivity contribution in [2.45, 2.75) is 6.10 Å². The molecule has 1 rings (SSSR count). The molecule has 1 aromatic carbocycles. The van der Waals surface area contributed by atoms with Crippen LogP contribution in [0, 0.1) is 0 Å². The smallest absolute Gasteiger partial charge is 0.330 e. The van der Waals surface area contributed by atoms with Gasteiger partial charge in [0.2, 0.25) is 0 Å². The molecule has 0 aliphatic carbocycles. The van der Waals surface area contributed by atoms with Gasteiger partial charge in [0.15, 0.2) is 0 Å². The molecule has 0 aliphatic heterocycles. The van der Waals surface area contributed by atoms with Gasteiger partial charge in [-0.2, -0.15) is 0 Å². The van der Waals surface area contributed by atoms with Crippen LogP contribution in [0.1, 0.15) is 0 Å². The highest BCUT2D eigenvalue weighted by molar-refractivity contribution is 6.48. The second-order valence-electron chi connectivity index (χ2n) is 3.47. The number of carbonyl (C=O) groups is 1. The average Bonchev–Trinajstić information content (AvgIpc) is 2.41. The molecule has 0 fully saturated rings. The van der Waals surface area contributed by atoms with Crippen LogP contribution >= 0.6 is 34.8 Å². The predicted octanol–water partition coefficient (Wildman–Crippen LogP) is 3.12. The minimum atomic E-state index is -0.991. The summed E-state index contributed by atoms with van der Waals surface area (Å²) in [6.45, 7) is 2.92. The number of benzene rings is 1. The molecule has 0 aliphatic rings. The molecule has 0 saturated carbocycles. The molecule has 104 valence electrons. The van der Waals surface area contributed by atoms with Crippen molar-refractivity contribution in [1.29, 1.82) is 0 Å². The zero-order valence-corrected chi connectivity index (χ0v) is 12.0. The molecule has 0 spiro atoms. The van der Waals surface area contributed by atoms with Crippen molar-refractivity contribution in [2.24, 2.45) is 0 Å². The van der Waals surface area contributed by atoms with Gasteiger partial charge < -0.3 is 14.6 Å². The van der Waals surface area contributed by atoms with Gasteiger partial charge in [-0.15, -0.1) is 0 Å². The molecule has 0 radical (unpaired) electrons. The maximum atomic E-state index is 10.8. The highest BCUT2D eigenvalue weighted by Crippen LogP contribution is 2.37. The molecule has 1 N–H and O–H groups in total. The number of hydrogen-bond donors (Lipinski definition) is 1. The third kappa shape index (κ3) is 4.91. The zero-order valence-electron chi connectivity index (χ0n) is 9.74. The molecule has 1 unspecified atom stereocenters. The van der Waals surface area contributed by atoms with E-state index in [1.165, 1.54) is 12.1 Å². The number of aliphatic hydroxyl groups excluding tert-OH is 1. The van der Waals surface area contributed by atoms with Gasteiger partial charge in [0.1, 0.15) is 30.1 Å². The maximum Gasteiger partial charge on any atom is 0.330 e. The number of rotatable bonds is 6. The van der Waals surface area contributed by atoms with Crippen LogP contribution in [0.2, 0.25) is 15.1 Å². The Kier molecular flexibility index (Phi) is 6.45. The third-order valence-corrected chi connectivity index (χ3v) is 3.29. The van der Waals surface area contributed by atoms with Crippen LogP contribution in [0.3, 0.4) is 0 Å². The fourth-order valence-electron chi connectivity index (χ4n) is 1.09. The highest BCUT2D eigenvalue weighted by Gasteiger charge is 2.12. The normalized spacial score (nSPS) is 11.8. The van der Waals surface area contributed by atoms with Crippen molar-refractivity contribution in [3.63, 3.8) is 0 Å². The van der Waals surface area contributed by atoms with Crippen molar-refractivity contribution in [1.82, 2.24) is 0 Å². The summed E-state index contributed by atoms with van der Waals surface area (Å²) in [7, 11) is 0. The van der Waals surface area contributed by atoms with Crippen molar-refractivity contribution >= 4 is 40.8 Å². The van der Waals surface area contributed by atoms with E-state index in [2.05, 4.69) is 11.3 Å². The molecular weight excluding hydrogens is 314 g/mol. The average molecular weight is 326 g/mol. The second-order valence-corrected chi connectivity index (χ2v) is 4.64. The summed E-state index contributed by atoms with van der Waals surface area (Å²) in [5.74, 6) is -0.336. The molecule has 1 atom stereocenters. The number of ether oxygens (including phenoxy) is 2. The number of aliphatic hydroxyl groups is 1. The largest absolute Gasteiger partial charge is 0.489 e. The van der Waals surface area contributed by atoms with Crippen molar-refractivity contribution in [3.05, 3.63) is 39.9 Å². The summed E-state index contributed by atoms with van der Waals surface area (Å²) in [6.07, 6.45) is 0.0121. The van der Waals surface area contributed by atoms with Gasteiger partial charge in [0.25, 0.3) is 0 Å². The molecule has 1 aromatic rings. The van der Waals surface area contributed by atoms with Gasteiger partial charge >= 0.3 is 5.97 Å². The zero-order chi connectivity index (χ0) is 14.4. The first kappa shape index (κ1) is 16.1. The second kappa shape index (κ2) is 7.60. The van der Waals surface area contributed by atoms with E-state index in [1.54, 1.807) is 0 Å². The van der Waals surface area contributed by atoms with Crippen LogP contribution in [0.5, 0.6) is 5.75 Å². The maximum absolute atomic E-state index is 10.8. The van der Waals surface area contributed by atoms with Gasteiger partial charge in [-0.1, -0.05) is 41.4 Å². The number of halogens is 3. The van der Waals surface area contributed by atoms with Crippen LogP contribution in [-0.2, 0) is 9.53 Å². The lowest BCUT2D eigenvalue weighted by atomic mass is 10.3. The van der Waals surface area contributed by atoms with E-state index in [1.807, 2.05) is 0 Å². The minimum Gasteiger partial charge on any atom is -0.489 e. The first-order valence-corrected chi connectivity index (χ1v) is 6.32. The SMILES string of the molecule is C=CC(=O)OCC(O)COc1ccc(Cl)c(Cl)c1Cl. The van der Waals surface area contributed by atoms with E-state index >= 15 is 0 Å². The summed E-state index contributed by atoms with van der Waals surface area (Å²) in [5, 5.41) is 10.2. The minimum absolute atomic E-state index is 0.109. The Morgan fingerprint density at radius 3 is 2.63 bits per heavy atom. The van der Waals surface area contributed by atoms with E-state index in [4.69, 9.17) is 39.5 Å². The molecule has 0 heterocycles. The van der Waals surface area contributed by atoms with E-state index in [-0.39, 0.29) is 29.0 Å². The Labute approximate surface area is 125 Å². The molecular formula is C12H11Cl3O4. The monoisotopic (exact) mass is 324 g/mol. The number of hydrogen-bond acceptors (Lipinski definition) is 4. The van der Waals surface area contributed by atoms with Crippen LogP contribution in [0.25, 0.3) is 0 Å². The lowest BCUT2D eigenvalue weighted by molar-refractivity contribution is -0.141. The Bertz CT molecular complexity index is 476. The molecule has 0 saturated heterocycles. The molecule has 7 heteroatoms. The van der Waals surface area contributed by atoms with Crippen LogP contribution < -0.4 is 4.74 Å². The molecule has 0 aromatic heterocycles. The standard InChI is InChI=1S/C12H11Cl3O4/c1-2-10(17)19-6-7(16)5-18-9-4-3-8(13)11(14)12(9)15/h2-4,7,16H,1,5-6H2. The van der Waals surface area contributed by atoms with Gasteiger partial charge in [0.05, 0.1) is 10.0 Å². The fraction of sp³-hybridized carbons (Fsp3) is 0.250. The topological polar surface area (TPSA) is 55.8 Å². The van der Waals surface area contributed by atoms with E-state index in [9.17, 15) is 9.90 Å². The Morgan fingerprint density at radius 2 is 2.00 bits per heavy atom. The fourth-order valence-corrected chi connectivity index (χ4v) is 1.67. The summed E-state index contributed by atoms with van der Waals surface area (Å²) >= 11 is 17.5. The van der Waals surface area contributed by atoms with Gasteiger partial charge in [-0.3, -0.25) is 0 Å². The lowest BCUT2D eigenvalue weighted by Crippen LogP contribution is -2.24. The van der Waals surface area contributed by atoms with E-state index < -0.39 is 12.1 Å². The highest BCUT2D eigenvalue weighted by atomic mass is 35.5. The van der Waals surface area contributed by atoms with Crippen LogP contribution in [-0.4, -0.2) is 30.4 Å². The lowest BCUT2D eigenvalue weighted by Gasteiger charge is -2.13. The van der Waals surface area contributed by atoms with Crippen molar-refractivity contribution < 1.29 is 19.4 Å². The Morgan fingerprint density at radius 1 is 1.32 bits per heavy atom. The van der Waals surface area contributed by atoms with Gasteiger partial charge in [-0.05, 0) is 12.1 Å². The summed E-state index contributed by atoms with van der Waals surface area (Å²) in [5.41, 5.74) is 0. The third-order valence-electron chi connectivity index (χ3n) is 2.02. The first-order valence-electron chi connectivity index (χ1n) is 5.19. The van der Waals surface area contributed by atoms with Crippen molar-refractivity contribution in [2.75, 3.05) is 13.2 Å². The summed E-state index contributed by atoms with van der Waals surface area (Å²) < 4.78 is 9.91. The number of carbonyl (C=O) groups excluding carboxylic acids is 1. The Balaban J connectivity index is 2.51. The van der Waals surface area contributed by atoms with E-state index in [0.29, 0.717) is 5.02 Å². The van der Waals surface area contributed by atoms with Crippen LogP contribution in [0.4, 0.5) is 0 Å². The van der Waals surface area contributed by atoms with Gasteiger partial charge in [-0.25, -0.2) is 4.79 Å². The molecule has 0 amide bonds.